The molecule has 6 aliphatic rings. The second-order valence-corrected chi connectivity index (χ2v) is 11.6. The molecule has 2 aliphatic heterocycles. The number of imide groups is 1. The average molecular weight is 424 g/mol. The van der Waals surface area contributed by atoms with Crippen LogP contribution in [0.2, 0.25) is 0 Å². The zero-order chi connectivity index (χ0) is 21.3. The number of hydrogen-bond donors (Lipinski definition) is 2. The highest BCUT2D eigenvalue weighted by Gasteiger charge is 2.57. The molecule has 7 rings (SSSR count). The number of quaternary nitrogens is 2. The third kappa shape index (κ3) is 3.19. The molecule has 0 aromatic heterocycles. The monoisotopic (exact) mass is 423 g/mol. The Morgan fingerprint density at radius 2 is 1.52 bits per heavy atom. The fraction of sp³-hybridized carbons (Fsp3) is 0.692. The predicted octanol–water partition coefficient (Wildman–Crippen LogP) is 0.688. The number of aryl methyl sites for hydroxylation is 2. The maximum Gasteiger partial charge on any atom is 0.292 e. The summed E-state index contributed by atoms with van der Waals surface area (Å²) < 4.78 is 0. The molecule has 1 aromatic rings. The number of carbonyl (C=O) groups excluding carboxylic acids is 2. The van der Waals surface area contributed by atoms with E-state index in [4.69, 9.17) is 0 Å². The van der Waals surface area contributed by atoms with Gasteiger partial charge in [0.1, 0.15) is 26.2 Å². The van der Waals surface area contributed by atoms with Crippen LogP contribution in [0.1, 0.15) is 56.1 Å². The molecule has 0 unspecified atom stereocenters. The Morgan fingerprint density at radius 3 is 2.10 bits per heavy atom. The van der Waals surface area contributed by atoms with Gasteiger partial charge in [-0.15, -0.1) is 0 Å². The molecule has 5 nitrogen and oxygen atoms in total. The molecule has 31 heavy (non-hydrogen) atoms. The molecule has 5 heteroatoms. The van der Waals surface area contributed by atoms with Gasteiger partial charge >= 0.3 is 0 Å². The molecular weight excluding hydrogens is 386 g/mol. The maximum absolute atomic E-state index is 13.3. The highest BCUT2D eigenvalue weighted by atomic mass is 16.2. The number of anilines is 1. The van der Waals surface area contributed by atoms with Crippen LogP contribution < -0.4 is 14.7 Å². The van der Waals surface area contributed by atoms with E-state index < -0.39 is 0 Å². The molecule has 166 valence electrons. The third-order valence-electron chi connectivity index (χ3n) is 9.52. The first-order chi connectivity index (χ1) is 14.9. The van der Waals surface area contributed by atoms with Gasteiger partial charge in [0, 0.05) is 19.3 Å². The highest BCUT2D eigenvalue weighted by Crippen LogP contribution is 2.54. The van der Waals surface area contributed by atoms with Crippen LogP contribution in [-0.4, -0.2) is 49.6 Å². The van der Waals surface area contributed by atoms with E-state index in [-0.39, 0.29) is 17.9 Å². The van der Waals surface area contributed by atoms with Crippen molar-refractivity contribution in [1.29, 1.82) is 0 Å². The van der Waals surface area contributed by atoms with E-state index in [0.29, 0.717) is 12.0 Å². The summed E-state index contributed by atoms with van der Waals surface area (Å²) in [7, 11) is 0. The zero-order valence-corrected chi connectivity index (χ0v) is 19.1. The summed E-state index contributed by atoms with van der Waals surface area (Å²) in [6.07, 6.45) is 9.21. The number of hydrogen-bond acceptors (Lipinski definition) is 2. The molecule has 6 fully saturated rings. The molecule has 2 heterocycles. The van der Waals surface area contributed by atoms with E-state index in [1.165, 1.54) is 61.4 Å². The number of carbonyl (C=O) groups is 2. The Morgan fingerprint density at radius 1 is 0.903 bits per heavy atom. The molecule has 4 saturated carbocycles. The van der Waals surface area contributed by atoms with Crippen molar-refractivity contribution in [1.82, 2.24) is 0 Å². The summed E-state index contributed by atoms with van der Waals surface area (Å²) in [5, 5.41) is 0. The van der Waals surface area contributed by atoms with Gasteiger partial charge in [-0.05, 0) is 62.5 Å². The van der Waals surface area contributed by atoms with Crippen molar-refractivity contribution in [3.05, 3.63) is 29.3 Å². The summed E-state index contributed by atoms with van der Waals surface area (Å²) in [5.74, 6) is 2.97. The summed E-state index contributed by atoms with van der Waals surface area (Å²) in [6.45, 7) is 8.44. The summed E-state index contributed by atoms with van der Waals surface area (Å²) in [6, 6.07) is 5.80. The smallest absolute Gasteiger partial charge is 0.292 e. The minimum atomic E-state index is -0.189. The van der Waals surface area contributed by atoms with Crippen molar-refractivity contribution in [3.8, 4) is 0 Å². The van der Waals surface area contributed by atoms with Crippen molar-refractivity contribution in [2.45, 2.75) is 70.4 Å². The van der Waals surface area contributed by atoms with Crippen LogP contribution in [0.25, 0.3) is 0 Å². The molecule has 2 N–H and O–H groups in total. The van der Waals surface area contributed by atoms with Crippen LogP contribution in [0, 0.1) is 31.6 Å². The molecule has 2 amide bonds. The Bertz CT molecular complexity index is 882. The van der Waals surface area contributed by atoms with Crippen LogP contribution in [0.5, 0.6) is 0 Å². The Balaban J connectivity index is 1.14. The third-order valence-corrected chi connectivity index (χ3v) is 9.52. The molecular formula is C26H37N3O2+2. The van der Waals surface area contributed by atoms with Crippen molar-refractivity contribution in [3.63, 3.8) is 0 Å². The van der Waals surface area contributed by atoms with E-state index in [2.05, 4.69) is 6.07 Å². The van der Waals surface area contributed by atoms with Crippen molar-refractivity contribution < 1.29 is 19.4 Å². The average Bonchev–Trinajstić information content (AvgIpc) is 3.01. The lowest BCUT2D eigenvalue weighted by Gasteiger charge is -2.58. The van der Waals surface area contributed by atoms with Crippen LogP contribution >= 0.6 is 0 Å². The Labute approximate surface area is 185 Å². The van der Waals surface area contributed by atoms with E-state index in [9.17, 15) is 9.59 Å². The lowest BCUT2D eigenvalue weighted by atomic mass is 9.52. The molecule has 4 aliphatic carbocycles. The van der Waals surface area contributed by atoms with Crippen LogP contribution in [0.15, 0.2) is 18.2 Å². The summed E-state index contributed by atoms with van der Waals surface area (Å²) >= 11 is 0. The SMILES string of the molecule is Cc1ccc(N2C(=O)C[C@H]([NH+]3CC[NH+](C45CC6CC(CC(C6)C4)C5)CC3)C2=O)c(C)c1. The Kier molecular flexibility index (Phi) is 4.59. The van der Waals surface area contributed by atoms with Gasteiger partial charge < -0.3 is 9.80 Å². The fourth-order valence-electron chi connectivity index (χ4n) is 8.56. The fourth-order valence-corrected chi connectivity index (χ4v) is 8.56. The molecule has 4 bridgehead atoms. The Hall–Kier alpha value is -1.72. The number of nitrogens with one attached hydrogen (secondary N) is 2. The van der Waals surface area contributed by atoms with Gasteiger partial charge in [-0.25, -0.2) is 4.90 Å². The molecule has 0 spiro atoms. The van der Waals surface area contributed by atoms with Gasteiger partial charge in [0.2, 0.25) is 5.91 Å². The summed E-state index contributed by atoms with van der Waals surface area (Å²) in [4.78, 5) is 30.8. The van der Waals surface area contributed by atoms with Gasteiger partial charge in [0.15, 0.2) is 6.04 Å². The van der Waals surface area contributed by atoms with Crippen LogP contribution in [0.3, 0.4) is 0 Å². The number of piperazine rings is 1. The first-order valence-electron chi connectivity index (χ1n) is 12.6. The first-order valence-corrected chi connectivity index (χ1v) is 12.6. The van der Waals surface area contributed by atoms with Gasteiger partial charge in [-0.3, -0.25) is 9.59 Å². The topological polar surface area (TPSA) is 46.3 Å². The molecule has 2 saturated heterocycles. The maximum atomic E-state index is 13.3. The minimum absolute atomic E-state index is 0.0187. The van der Waals surface area contributed by atoms with Crippen molar-refractivity contribution in [2.75, 3.05) is 31.1 Å². The normalized spacial score (nSPS) is 41.9. The van der Waals surface area contributed by atoms with Gasteiger partial charge in [-0.2, -0.15) is 0 Å². The number of amides is 2. The van der Waals surface area contributed by atoms with Crippen molar-refractivity contribution in [2.24, 2.45) is 17.8 Å². The van der Waals surface area contributed by atoms with Gasteiger partial charge in [0.05, 0.1) is 17.6 Å². The number of benzene rings is 1. The lowest BCUT2D eigenvalue weighted by Crippen LogP contribution is -3.33. The van der Waals surface area contributed by atoms with E-state index >= 15 is 0 Å². The second-order valence-electron chi connectivity index (χ2n) is 11.6. The van der Waals surface area contributed by atoms with Crippen LogP contribution in [0.4, 0.5) is 5.69 Å². The van der Waals surface area contributed by atoms with Gasteiger partial charge in [0.25, 0.3) is 5.91 Å². The summed E-state index contributed by atoms with van der Waals surface area (Å²) in [5.41, 5.74) is 3.49. The largest absolute Gasteiger partial charge is 0.321 e. The van der Waals surface area contributed by atoms with E-state index in [1.807, 2.05) is 30.9 Å². The predicted molar refractivity (Wildman–Crippen MR) is 119 cm³/mol. The quantitative estimate of drug-likeness (QED) is 0.703. The highest BCUT2D eigenvalue weighted by molar-refractivity contribution is 6.22. The number of rotatable bonds is 3. The molecule has 1 aromatic carbocycles. The van der Waals surface area contributed by atoms with Crippen LogP contribution in [-0.2, 0) is 9.59 Å². The molecule has 1 atom stereocenters. The van der Waals surface area contributed by atoms with E-state index in [0.717, 1.165) is 47.7 Å². The lowest BCUT2D eigenvalue weighted by molar-refractivity contribution is -1.05. The standard InChI is InChI=1S/C26H35N3O2/c1-17-3-4-22(18(2)9-17)29-24(30)13-23(25(29)31)27-5-7-28(8-6-27)26-14-19-10-20(15-26)12-21(11-19)16-26/h3-4,9,19-21,23H,5-8,10-16H2,1-2H3/p+2/t19?,20?,21?,23-,26?/m0/s1. The van der Waals surface area contributed by atoms with E-state index in [1.54, 1.807) is 0 Å². The first kappa shape index (κ1) is 19.9. The second kappa shape index (κ2) is 7.14. The zero-order valence-electron chi connectivity index (χ0n) is 19.1. The minimum Gasteiger partial charge on any atom is -0.321 e. The van der Waals surface area contributed by atoms with Gasteiger partial charge in [-0.1, -0.05) is 17.7 Å². The molecule has 0 radical (unpaired) electrons. The van der Waals surface area contributed by atoms with Crippen molar-refractivity contribution >= 4 is 17.5 Å². The number of nitrogens with zero attached hydrogens (tertiary/aromatic N) is 1.